The molecular weight excluding hydrogens is 458 g/mol. The number of carbonyl (C=O) groups is 2. The monoisotopic (exact) mass is 485 g/mol. The second-order valence-electron chi connectivity index (χ2n) is 8.83. The molecule has 4 aromatic rings. The van der Waals surface area contributed by atoms with Crippen molar-refractivity contribution < 1.29 is 14.0 Å². The number of pyridine rings is 1. The minimum Gasteiger partial charge on any atom is -0.458 e. The molecule has 10 nitrogen and oxygen atoms in total. The number of carbonyl (C=O) groups excluding carboxylic acids is 2. The molecule has 5 rings (SSSR count). The van der Waals surface area contributed by atoms with E-state index in [4.69, 9.17) is 4.42 Å². The summed E-state index contributed by atoms with van der Waals surface area (Å²) in [6.45, 7) is 1.62. The fourth-order valence-corrected chi connectivity index (χ4v) is 4.50. The van der Waals surface area contributed by atoms with Crippen LogP contribution >= 0.6 is 0 Å². The van der Waals surface area contributed by atoms with Crippen molar-refractivity contribution >= 4 is 17.5 Å². The highest BCUT2D eigenvalue weighted by molar-refractivity contribution is 6.01. The van der Waals surface area contributed by atoms with Crippen LogP contribution in [0.2, 0.25) is 0 Å². The van der Waals surface area contributed by atoms with E-state index in [0.717, 1.165) is 31.4 Å². The van der Waals surface area contributed by atoms with E-state index in [9.17, 15) is 9.59 Å². The van der Waals surface area contributed by atoms with Crippen molar-refractivity contribution in [1.82, 2.24) is 30.5 Å². The fourth-order valence-electron chi connectivity index (χ4n) is 4.50. The molecule has 0 saturated heterocycles. The molecule has 3 aromatic heterocycles. The predicted molar refractivity (Wildman–Crippen MR) is 132 cm³/mol. The van der Waals surface area contributed by atoms with Crippen LogP contribution < -0.4 is 10.2 Å². The Balaban J connectivity index is 1.47. The van der Waals surface area contributed by atoms with E-state index in [2.05, 4.69) is 25.7 Å². The number of hydrogen-bond donors (Lipinski definition) is 1. The number of anilines is 1. The molecule has 0 spiro atoms. The lowest BCUT2D eigenvalue weighted by Gasteiger charge is -2.32. The van der Waals surface area contributed by atoms with Crippen molar-refractivity contribution in [1.29, 1.82) is 0 Å². The summed E-state index contributed by atoms with van der Waals surface area (Å²) in [7, 11) is 0. The van der Waals surface area contributed by atoms with Gasteiger partial charge in [-0.25, -0.2) is 0 Å². The fraction of sp³-hybridized carbons (Fsp3) is 0.308. The van der Waals surface area contributed by atoms with Gasteiger partial charge in [0, 0.05) is 24.1 Å². The molecule has 184 valence electrons. The highest BCUT2D eigenvalue weighted by Gasteiger charge is 2.34. The van der Waals surface area contributed by atoms with Crippen LogP contribution in [0.5, 0.6) is 0 Å². The van der Waals surface area contributed by atoms with E-state index in [0.29, 0.717) is 17.0 Å². The highest BCUT2D eigenvalue weighted by atomic mass is 16.3. The largest absolute Gasteiger partial charge is 0.458 e. The van der Waals surface area contributed by atoms with Gasteiger partial charge in [-0.15, -0.1) is 10.2 Å². The zero-order chi connectivity index (χ0) is 24.9. The first kappa shape index (κ1) is 23.4. The third kappa shape index (κ3) is 5.17. The van der Waals surface area contributed by atoms with Crippen LogP contribution in [-0.4, -0.2) is 43.0 Å². The van der Waals surface area contributed by atoms with Gasteiger partial charge in [0.25, 0.3) is 5.91 Å². The van der Waals surface area contributed by atoms with Crippen LogP contribution in [0.15, 0.2) is 71.4 Å². The molecule has 10 heteroatoms. The van der Waals surface area contributed by atoms with Gasteiger partial charge in [0.2, 0.25) is 11.7 Å². The van der Waals surface area contributed by atoms with Crippen LogP contribution in [0.25, 0.3) is 11.6 Å². The minimum absolute atomic E-state index is 0.103. The van der Waals surface area contributed by atoms with Crippen molar-refractivity contribution in [3.63, 3.8) is 0 Å². The Morgan fingerprint density at radius 2 is 1.83 bits per heavy atom. The number of hydrogen-bond acceptors (Lipinski definition) is 7. The quantitative estimate of drug-likeness (QED) is 0.406. The van der Waals surface area contributed by atoms with E-state index in [-0.39, 0.29) is 30.2 Å². The topological polar surface area (TPSA) is 119 Å². The summed E-state index contributed by atoms with van der Waals surface area (Å²) < 4.78 is 5.56. The number of rotatable bonds is 8. The highest BCUT2D eigenvalue weighted by Crippen LogP contribution is 2.29. The molecule has 0 unspecified atom stereocenters. The average Bonchev–Trinajstić information content (AvgIpc) is 3.66. The molecule has 1 N–H and O–H groups in total. The number of nitrogens with zero attached hydrogens (tertiary/aromatic N) is 6. The molecule has 1 aliphatic rings. The lowest BCUT2D eigenvalue weighted by Crippen LogP contribution is -2.47. The Kier molecular flexibility index (Phi) is 6.83. The standard InChI is InChI=1S/C26H27N7O3/c1-18-11-12-22(36-18)25-29-31-32(30-25)17-23(34)33(21-9-3-2-4-10-21)24(19-13-15-27-16-14-19)26(35)28-20-7-5-6-8-20/h2-4,9-16,20,24H,5-8,17H2,1H3,(H,28,35)/t24-/m0/s1. The summed E-state index contributed by atoms with van der Waals surface area (Å²) in [5, 5.41) is 15.5. The number of furan rings is 1. The van der Waals surface area contributed by atoms with Gasteiger partial charge in [0.1, 0.15) is 18.3 Å². The second kappa shape index (κ2) is 10.5. The third-order valence-corrected chi connectivity index (χ3v) is 6.22. The van der Waals surface area contributed by atoms with E-state index in [1.165, 1.54) is 9.70 Å². The van der Waals surface area contributed by atoms with Crippen molar-refractivity contribution in [2.24, 2.45) is 0 Å². The van der Waals surface area contributed by atoms with Crippen LogP contribution in [-0.2, 0) is 16.1 Å². The van der Waals surface area contributed by atoms with Crippen molar-refractivity contribution in [2.75, 3.05) is 4.90 Å². The number of nitrogens with one attached hydrogen (secondary N) is 1. The summed E-state index contributed by atoms with van der Waals surface area (Å²) in [4.78, 5) is 34.3. The smallest absolute Gasteiger partial charge is 0.251 e. The summed E-state index contributed by atoms with van der Waals surface area (Å²) >= 11 is 0. The number of para-hydroxylation sites is 1. The van der Waals surface area contributed by atoms with E-state index < -0.39 is 6.04 Å². The molecule has 1 saturated carbocycles. The molecule has 1 fully saturated rings. The van der Waals surface area contributed by atoms with Crippen LogP contribution in [0.3, 0.4) is 0 Å². The second-order valence-corrected chi connectivity index (χ2v) is 8.83. The lowest BCUT2D eigenvalue weighted by molar-refractivity contribution is -0.127. The van der Waals surface area contributed by atoms with Crippen LogP contribution in [0, 0.1) is 6.92 Å². The molecule has 2 amide bonds. The van der Waals surface area contributed by atoms with Gasteiger partial charge in [0.15, 0.2) is 5.76 Å². The Labute approximate surface area is 208 Å². The van der Waals surface area contributed by atoms with Crippen LogP contribution in [0.1, 0.15) is 43.0 Å². The van der Waals surface area contributed by atoms with Gasteiger partial charge in [-0.1, -0.05) is 31.0 Å². The van der Waals surface area contributed by atoms with Crippen molar-refractivity contribution in [2.45, 2.75) is 51.2 Å². The maximum atomic E-state index is 13.8. The molecule has 0 aliphatic heterocycles. The van der Waals surface area contributed by atoms with Gasteiger partial charge in [-0.05, 0) is 66.9 Å². The zero-order valence-corrected chi connectivity index (χ0v) is 19.9. The lowest BCUT2D eigenvalue weighted by atomic mass is 10.0. The van der Waals surface area contributed by atoms with E-state index >= 15 is 0 Å². The first-order chi connectivity index (χ1) is 17.6. The predicted octanol–water partition coefficient (Wildman–Crippen LogP) is 3.47. The summed E-state index contributed by atoms with van der Waals surface area (Å²) in [6.07, 6.45) is 7.28. The first-order valence-electron chi connectivity index (χ1n) is 12.0. The molecule has 1 aliphatic carbocycles. The molecule has 0 bridgehead atoms. The number of benzene rings is 1. The first-order valence-corrected chi connectivity index (χ1v) is 12.0. The number of aromatic nitrogens is 5. The molecule has 36 heavy (non-hydrogen) atoms. The molecule has 1 atom stereocenters. The van der Waals surface area contributed by atoms with Crippen molar-refractivity contribution in [3.8, 4) is 11.6 Å². The van der Waals surface area contributed by atoms with Gasteiger partial charge < -0.3 is 9.73 Å². The number of tetrazole rings is 1. The van der Waals surface area contributed by atoms with Crippen molar-refractivity contribution in [3.05, 3.63) is 78.3 Å². The maximum Gasteiger partial charge on any atom is 0.251 e. The molecule has 3 heterocycles. The molecule has 1 aromatic carbocycles. The van der Waals surface area contributed by atoms with Crippen LogP contribution in [0.4, 0.5) is 5.69 Å². The van der Waals surface area contributed by atoms with E-state index in [1.807, 2.05) is 25.1 Å². The molecule has 0 radical (unpaired) electrons. The maximum absolute atomic E-state index is 13.8. The number of aryl methyl sites for hydroxylation is 1. The van der Waals surface area contributed by atoms with Gasteiger partial charge in [-0.2, -0.15) is 4.80 Å². The summed E-state index contributed by atoms with van der Waals surface area (Å²) in [5.41, 5.74) is 1.25. The summed E-state index contributed by atoms with van der Waals surface area (Å²) in [6, 6.07) is 15.4. The normalized spacial score (nSPS) is 14.5. The Morgan fingerprint density at radius 1 is 1.08 bits per heavy atom. The Morgan fingerprint density at radius 3 is 2.53 bits per heavy atom. The summed E-state index contributed by atoms with van der Waals surface area (Å²) in [5.74, 6) is 0.887. The van der Waals surface area contributed by atoms with E-state index in [1.54, 1.807) is 48.8 Å². The number of amides is 2. The Bertz CT molecular complexity index is 1310. The zero-order valence-electron chi connectivity index (χ0n) is 19.9. The van der Waals surface area contributed by atoms with Gasteiger partial charge in [0.05, 0.1) is 0 Å². The molecular formula is C26H27N7O3. The average molecular weight is 486 g/mol. The Hall–Kier alpha value is -4.34. The van der Waals surface area contributed by atoms with Gasteiger partial charge >= 0.3 is 0 Å². The third-order valence-electron chi connectivity index (χ3n) is 6.22. The SMILES string of the molecule is Cc1ccc(-c2nnn(CC(=O)N(c3ccccc3)[C@H](C(=O)NC3CCCC3)c3ccncc3)n2)o1. The minimum atomic E-state index is -0.890. The van der Waals surface area contributed by atoms with Gasteiger partial charge in [-0.3, -0.25) is 19.5 Å².